The van der Waals surface area contributed by atoms with Gasteiger partial charge in [0.2, 0.25) is 0 Å². The van der Waals surface area contributed by atoms with Crippen molar-refractivity contribution in [1.82, 2.24) is 24.7 Å². The first-order valence-corrected chi connectivity index (χ1v) is 10.2. The highest BCUT2D eigenvalue weighted by Crippen LogP contribution is 2.29. The lowest BCUT2D eigenvalue weighted by Crippen LogP contribution is -2.10. The average Bonchev–Trinajstić information content (AvgIpc) is 3.44. The number of aromatic nitrogens is 5. The molecule has 4 rings (SSSR count). The highest BCUT2D eigenvalue weighted by Gasteiger charge is 2.23. The second-order valence-electron chi connectivity index (χ2n) is 6.36. The van der Waals surface area contributed by atoms with E-state index < -0.39 is 5.97 Å². The normalized spacial score (nSPS) is 11.9. The third kappa shape index (κ3) is 4.10. The average molecular weight is 437 g/mol. The molecule has 0 aliphatic rings. The first kappa shape index (κ1) is 20.5. The smallest absolute Gasteiger partial charge is 0.345 e. The number of methoxy groups -OCH3 is 2. The Bertz CT molecular complexity index is 1230. The van der Waals surface area contributed by atoms with E-state index in [1.165, 1.54) is 18.9 Å². The lowest BCUT2D eigenvalue weighted by molar-refractivity contribution is -0.133. The fraction of sp³-hybridized carbons (Fsp3) is 0.143. The van der Waals surface area contributed by atoms with Crippen molar-refractivity contribution in [3.8, 4) is 11.4 Å². The van der Waals surface area contributed by atoms with Gasteiger partial charge in [-0.05, 0) is 24.3 Å². The van der Waals surface area contributed by atoms with Gasteiger partial charge in [-0.25, -0.2) is 9.78 Å². The number of benzene rings is 2. The number of imidazole rings is 1. The van der Waals surface area contributed by atoms with Gasteiger partial charge in [-0.15, -0.1) is 10.2 Å². The Morgan fingerprint density at radius 2 is 1.94 bits per heavy atom. The lowest BCUT2D eigenvalue weighted by Gasteiger charge is -2.11. The standard InChI is InChI=1S/C21H19N5O4S/c1-29-17-10-6-5-9-15(17)26-12-22-25-21(26)31-11-16(27)18(20(28)30-2)19-23-13-7-3-4-8-14(13)24-19/h3-10,12,27H,11H2,1-2H3,(H,23,24)/b18-16+. The number of carbonyl (C=O) groups is 1. The zero-order valence-electron chi connectivity index (χ0n) is 16.8. The summed E-state index contributed by atoms with van der Waals surface area (Å²) in [4.78, 5) is 19.9. The molecule has 31 heavy (non-hydrogen) atoms. The van der Waals surface area contributed by atoms with Crippen molar-refractivity contribution in [3.05, 3.63) is 66.4 Å². The molecule has 4 aromatic rings. The summed E-state index contributed by atoms with van der Waals surface area (Å²) in [6.07, 6.45) is 1.56. The summed E-state index contributed by atoms with van der Waals surface area (Å²) in [7, 11) is 2.84. The van der Waals surface area contributed by atoms with Gasteiger partial charge in [0.15, 0.2) is 5.16 Å². The van der Waals surface area contributed by atoms with Crippen LogP contribution in [-0.2, 0) is 9.53 Å². The van der Waals surface area contributed by atoms with Crippen molar-refractivity contribution in [3.63, 3.8) is 0 Å². The van der Waals surface area contributed by atoms with Crippen LogP contribution < -0.4 is 4.74 Å². The van der Waals surface area contributed by atoms with Gasteiger partial charge in [-0.1, -0.05) is 36.0 Å². The number of hydrogen-bond donors (Lipinski definition) is 2. The van der Waals surface area contributed by atoms with E-state index in [0.717, 1.165) is 11.2 Å². The predicted molar refractivity (Wildman–Crippen MR) is 116 cm³/mol. The van der Waals surface area contributed by atoms with Gasteiger partial charge in [-0.3, -0.25) is 4.57 Å². The third-order valence-electron chi connectivity index (χ3n) is 4.50. The van der Waals surface area contributed by atoms with Crippen LogP contribution >= 0.6 is 11.8 Å². The van der Waals surface area contributed by atoms with Crippen molar-refractivity contribution in [2.45, 2.75) is 5.16 Å². The topological polar surface area (TPSA) is 115 Å². The van der Waals surface area contributed by atoms with Crippen molar-refractivity contribution < 1.29 is 19.4 Å². The number of H-pyrrole nitrogens is 1. The molecule has 10 heteroatoms. The minimum atomic E-state index is -0.691. The molecule has 0 saturated heterocycles. The molecule has 2 N–H and O–H groups in total. The maximum absolute atomic E-state index is 12.4. The molecule has 0 aliphatic heterocycles. The van der Waals surface area contributed by atoms with E-state index in [1.54, 1.807) is 18.0 Å². The maximum Gasteiger partial charge on any atom is 0.345 e. The first-order valence-electron chi connectivity index (χ1n) is 9.24. The van der Waals surface area contributed by atoms with Gasteiger partial charge in [-0.2, -0.15) is 0 Å². The molecule has 0 amide bonds. The van der Waals surface area contributed by atoms with E-state index >= 15 is 0 Å². The van der Waals surface area contributed by atoms with E-state index in [0.29, 0.717) is 16.4 Å². The van der Waals surface area contributed by atoms with Crippen LogP contribution in [0.4, 0.5) is 0 Å². The molecular formula is C21H19N5O4S. The van der Waals surface area contributed by atoms with Gasteiger partial charge in [0.25, 0.3) is 0 Å². The number of thioether (sulfide) groups is 1. The Kier molecular flexibility index (Phi) is 5.89. The molecule has 0 atom stereocenters. The summed E-state index contributed by atoms with van der Waals surface area (Å²) in [5.41, 5.74) is 2.14. The highest BCUT2D eigenvalue weighted by molar-refractivity contribution is 7.99. The molecular weight excluding hydrogens is 418 g/mol. The van der Waals surface area contributed by atoms with E-state index in [2.05, 4.69) is 20.2 Å². The minimum absolute atomic E-state index is 0.0328. The first-order chi connectivity index (χ1) is 15.1. The monoisotopic (exact) mass is 437 g/mol. The molecule has 9 nitrogen and oxygen atoms in total. The number of aromatic amines is 1. The number of hydrogen-bond acceptors (Lipinski definition) is 8. The molecule has 0 saturated carbocycles. The number of fused-ring (bicyclic) bond motifs is 1. The van der Waals surface area contributed by atoms with Gasteiger partial charge >= 0.3 is 5.97 Å². The number of para-hydroxylation sites is 4. The fourth-order valence-electron chi connectivity index (χ4n) is 3.05. The number of ether oxygens (including phenoxy) is 2. The summed E-state index contributed by atoms with van der Waals surface area (Å²) in [6, 6.07) is 14.8. The van der Waals surface area contributed by atoms with Crippen molar-refractivity contribution in [1.29, 1.82) is 0 Å². The van der Waals surface area contributed by atoms with Crippen molar-refractivity contribution >= 4 is 34.3 Å². The molecule has 0 fully saturated rings. The van der Waals surface area contributed by atoms with E-state index in [4.69, 9.17) is 9.47 Å². The molecule has 2 aromatic carbocycles. The second kappa shape index (κ2) is 8.92. The van der Waals surface area contributed by atoms with Gasteiger partial charge < -0.3 is 19.6 Å². The van der Waals surface area contributed by atoms with Crippen LogP contribution in [0.1, 0.15) is 5.82 Å². The van der Waals surface area contributed by atoms with Crippen LogP contribution in [0.25, 0.3) is 22.3 Å². The molecule has 0 spiro atoms. The molecule has 0 radical (unpaired) electrons. The van der Waals surface area contributed by atoms with Crippen LogP contribution in [-0.4, -0.2) is 55.8 Å². The second-order valence-corrected chi connectivity index (χ2v) is 7.30. The number of nitrogens with one attached hydrogen (secondary N) is 1. The highest BCUT2D eigenvalue weighted by atomic mass is 32.2. The molecule has 2 aromatic heterocycles. The number of aliphatic hydroxyl groups is 1. The van der Waals surface area contributed by atoms with Crippen molar-refractivity contribution in [2.24, 2.45) is 0 Å². The number of aliphatic hydroxyl groups excluding tert-OH is 1. The zero-order valence-corrected chi connectivity index (χ0v) is 17.6. The third-order valence-corrected chi connectivity index (χ3v) is 5.46. The van der Waals surface area contributed by atoms with Crippen LogP contribution in [0.3, 0.4) is 0 Å². The quantitative estimate of drug-likeness (QED) is 0.196. The number of nitrogens with zero attached hydrogens (tertiary/aromatic N) is 4. The maximum atomic E-state index is 12.4. The van der Waals surface area contributed by atoms with Gasteiger partial charge in [0.1, 0.15) is 29.2 Å². The van der Waals surface area contributed by atoms with Crippen molar-refractivity contribution in [2.75, 3.05) is 20.0 Å². The largest absolute Gasteiger partial charge is 0.510 e. The minimum Gasteiger partial charge on any atom is -0.510 e. The molecule has 0 bridgehead atoms. The number of esters is 1. The Morgan fingerprint density at radius 1 is 1.16 bits per heavy atom. The Hall–Kier alpha value is -3.79. The van der Waals surface area contributed by atoms with Crippen LogP contribution in [0, 0.1) is 0 Å². The zero-order chi connectivity index (χ0) is 21.8. The SMILES string of the molecule is COC(=O)/C(=C(/O)CSc1nncn1-c1ccccc1OC)c1nc2ccccc2[nH]1. The summed E-state index contributed by atoms with van der Waals surface area (Å²) in [5, 5.41) is 19.4. The molecule has 0 aliphatic carbocycles. The van der Waals surface area contributed by atoms with Gasteiger partial charge in [0, 0.05) is 0 Å². The van der Waals surface area contributed by atoms with Crippen LogP contribution in [0.15, 0.2) is 65.8 Å². The van der Waals surface area contributed by atoms with Gasteiger partial charge in [0.05, 0.1) is 36.7 Å². The molecule has 2 heterocycles. The predicted octanol–water partition coefficient (Wildman–Crippen LogP) is 3.39. The molecule has 0 unspecified atom stereocenters. The van der Waals surface area contributed by atoms with Crippen LogP contribution in [0.5, 0.6) is 5.75 Å². The summed E-state index contributed by atoms with van der Waals surface area (Å²) in [5.74, 6) is 0.0580. The summed E-state index contributed by atoms with van der Waals surface area (Å²) in [6.45, 7) is 0. The number of carbonyl (C=O) groups excluding carboxylic acids is 1. The number of rotatable bonds is 7. The van der Waals surface area contributed by atoms with E-state index in [-0.39, 0.29) is 22.9 Å². The van der Waals surface area contributed by atoms with E-state index in [1.807, 2.05) is 48.5 Å². The Morgan fingerprint density at radius 3 is 2.71 bits per heavy atom. The van der Waals surface area contributed by atoms with E-state index in [9.17, 15) is 9.90 Å². The lowest BCUT2D eigenvalue weighted by atomic mass is 10.2. The Labute approximate surface area is 181 Å². The summed E-state index contributed by atoms with van der Waals surface area (Å²) >= 11 is 1.21. The Balaban J connectivity index is 1.65. The molecule has 158 valence electrons. The summed E-state index contributed by atoms with van der Waals surface area (Å²) < 4.78 is 12.0. The van der Waals surface area contributed by atoms with Crippen LogP contribution in [0.2, 0.25) is 0 Å². The fourth-order valence-corrected chi connectivity index (χ4v) is 3.85.